The molecule has 0 amide bonds. The zero-order valence-corrected chi connectivity index (χ0v) is 13.1. The fourth-order valence-electron chi connectivity index (χ4n) is 2.57. The van der Waals surface area contributed by atoms with Crippen molar-refractivity contribution >= 4 is 32.2 Å². The van der Waals surface area contributed by atoms with Crippen LogP contribution in [0.1, 0.15) is 5.56 Å². The van der Waals surface area contributed by atoms with E-state index in [2.05, 4.69) is 4.98 Å². The summed E-state index contributed by atoms with van der Waals surface area (Å²) in [5.74, 6) is 0. The number of fused-ring (bicyclic) bond motifs is 3. The summed E-state index contributed by atoms with van der Waals surface area (Å²) < 4.78 is 40.6. The maximum Gasteiger partial charge on any atom is 0.416 e. The Kier molecular flexibility index (Phi) is 3.29. The molecular weight excluding hydrogens is 355 g/mol. The van der Waals surface area contributed by atoms with Crippen LogP contribution < -0.4 is 0 Å². The van der Waals surface area contributed by atoms with Gasteiger partial charge >= 0.3 is 6.18 Å². The Bertz CT molecular complexity index is 1110. The van der Waals surface area contributed by atoms with E-state index in [0.717, 1.165) is 23.5 Å². The third kappa shape index (κ3) is 2.62. The molecule has 0 aliphatic heterocycles. The Morgan fingerprint density at radius 2 is 1.84 bits per heavy atom. The Morgan fingerprint density at radius 3 is 2.48 bits per heavy atom. The van der Waals surface area contributed by atoms with Crippen LogP contribution in [0.2, 0.25) is 0 Å². The van der Waals surface area contributed by atoms with Gasteiger partial charge in [0.15, 0.2) is 4.96 Å². The van der Waals surface area contributed by atoms with E-state index in [0.29, 0.717) is 26.4 Å². The lowest BCUT2D eigenvalue weighted by atomic mass is 10.1. The average Bonchev–Trinajstić information content (AvgIpc) is 3.11. The molecule has 2 heterocycles. The molecule has 0 radical (unpaired) electrons. The van der Waals surface area contributed by atoms with Gasteiger partial charge in [-0.3, -0.25) is 14.5 Å². The van der Waals surface area contributed by atoms with E-state index in [1.54, 1.807) is 22.7 Å². The van der Waals surface area contributed by atoms with Gasteiger partial charge in [-0.25, -0.2) is 4.98 Å². The summed E-state index contributed by atoms with van der Waals surface area (Å²) in [5.41, 5.74) is 1.22. The standard InChI is InChI=1S/C16H8F3N3O2S/c17-16(18,19)10-3-6-13-14(7-10)25-15-20-12(8-21(13)15)9-1-4-11(5-2-9)22(23)24/h1-8H. The first-order valence-electron chi connectivity index (χ1n) is 7.06. The second kappa shape index (κ2) is 5.28. The van der Waals surface area contributed by atoms with Crippen molar-refractivity contribution in [3.05, 3.63) is 64.3 Å². The lowest BCUT2D eigenvalue weighted by Gasteiger charge is -2.05. The van der Waals surface area contributed by atoms with Crippen LogP contribution in [0.25, 0.3) is 26.4 Å². The fraction of sp³-hybridized carbons (Fsp3) is 0.0625. The van der Waals surface area contributed by atoms with Crippen molar-refractivity contribution in [3.63, 3.8) is 0 Å². The van der Waals surface area contributed by atoms with Crippen molar-refractivity contribution in [1.29, 1.82) is 0 Å². The van der Waals surface area contributed by atoms with Gasteiger partial charge in [-0.05, 0) is 30.3 Å². The average molecular weight is 363 g/mol. The SMILES string of the molecule is O=[N+]([O-])c1ccc(-c2cn3c(n2)sc2cc(C(F)(F)F)ccc23)cc1. The number of hydrogen-bond donors (Lipinski definition) is 0. The van der Waals surface area contributed by atoms with Crippen molar-refractivity contribution in [3.8, 4) is 11.3 Å². The molecule has 0 unspecified atom stereocenters. The summed E-state index contributed by atoms with van der Waals surface area (Å²) in [6.45, 7) is 0. The Morgan fingerprint density at radius 1 is 1.12 bits per heavy atom. The summed E-state index contributed by atoms with van der Waals surface area (Å²) in [6.07, 6.45) is -2.67. The number of aromatic nitrogens is 2. The number of nitro groups is 1. The van der Waals surface area contributed by atoms with E-state index >= 15 is 0 Å². The molecule has 0 saturated heterocycles. The van der Waals surface area contributed by atoms with Gasteiger partial charge in [0.2, 0.25) is 0 Å². The fourth-order valence-corrected chi connectivity index (χ4v) is 3.62. The van der Waals surface area contributed by atoms with Crippen LogP contribution in [0.5, 0.6) is 0 Å². The second-order valence-electron chi connectivity index (χ2n) is 5.37. The topological polar surface area (TPSA) is 60.4 Å². The van der Waals surface area contributed by atoms with E-state index < -0.39 is 16.7 Å². The number of halogens is 3. The second-order valence-corrected chi connectivity index (χ2v) is 6.37. The highest BCUT2D eigenvalue weighted by Crippen LogP contribution is 2.35. The minimum absolute atomic E-state index is 0.0186. The molecule has 0 N–H and O–H groups in total. The van der Waals surface area contributed by atoms with Crippen LogP contribution in [0.15, 0.2) is 48.7 Å². The van der Waals surface area contributed by atoms with E-state index in [-0.39, 0.29) is 5.69 Å². The zero-order valence-electron chi connectivity index (χ0n) is 12.3. The summed E-state index contributed by atoms with van der Waals surface area (Å²) >= 11 is 1.16. The maximum atomic E-state index is 12.8. The predicted molar refractivity (Wildman–Crippen MR) is 87.7 cm³/mol. The van der Waals surface area contributed by atoms with Crippen molar-refractivity contribution in [2.45, 2.75) is 6.18 Å². The van der Waals surface area contributed by atoms with Crippen LogP contribution in [-0.2, 0) is 6.18 Å². The molecule has 0 spiro atoms. The minimum atomic E-state index is -4.38. The van der Waals surface area contributed by atoms with Gasteiger partial charge in [0.05, 0.1) is 26.4 Å². The largest absolute Gasteiger partial charge is 0.416 e. The van der Waals surface area contributed by atoms with E-state index in [1.165, 1.54) is 18.2 Å². The molecule has 0 aliphatic carbocycles. The van der Waals surface area contributed by atoms with Gasteiger partial charge in [0, 0.05) is 23.9 Å². The first-order valence-corrected chi connectivity index (χ1v) is 7.88. The molecule has 0 atom stereocenters. The number of nitro benzene ring substituents is 1. The first kappa shape index (κ1) is 15.6. The lowest BCUT2D eigenvalue weighted by molar-refractivity contribution is -0.384. The van der Waals surface area contributed by atoms with Crippen molar-refractivity contribution < 1.29 is 18.1 Å². The number of hydrogen-bond acceptors (Lipinski definition) is 4. The zero-order chi connectivity index (χ0) is 17.8. The number of rotatable bonds is 2. The first-order chi connectivity index (χ1) is 11.8. The van der Waals surface area contributed by atoms with Crippen LogP contribution in [0, 0.1) is 10.1 Å². The van der Waals surface area contributed by atoms with Gasteiger partial charge in [0.25, 0.3) is 5.69 Å². The van der Waals surface area contributed by atoms with Crippen molar-refractivity contribution in [2.24, 2.45) is 0 Å². The molecule has 0 aliphatic rings. The van der Waals surface area contributed by atoms with E-state index in [1.807, 2.05) is 0 Å². The molecular formula is C16H8F3N3O2S. The van der Waals surface area contributed by atoms with Crippen LogP contribution in [0.4, 0.5) is 18.9 Å². The van der Waals surface area contributed by atoms with E-state index in [9.17, 15) is 23.3 Å². The normalized spacial score (nSPS) is 12.1. The van der Waals surface area contributed by atoms with E-state index in [4.69, 9.17) is 0 Å². The molecule has 25 heavy (non-hydrogen) atoms. The number of thiazole rings is 1. The van der Waals surface area contributed by atoms with Crippen LogP contribution in [0.3, 0.4) is 0 Å². The van der Waals surface area contributed by atoms with Crippen molar-refractivity contribution in [1.82, 2.24) is 9.38 Å². The highest BCUT2D eigenvalue weighted by atomic mass is 32.1. The summed E-state index contributed by atoms with van der Waals surface area (Å²) in [6, 6.07) is 9.53. The summed E-state index contributed by atoms with van der Waals surface area (Å²) in [5, 5.41) is 10.7. The quantitative estimate of drug-likeness (QED) is 0.366. The highest BCUT2D eigenvalue weighted by molar-refractivity contribution is 7.23. The summed E-state index contributed by atoms with van der Waals surface area (Å²) in [7, 11) is 0. The number of benzene rings is 2. The maximum absolute atomic E-state index is 12.8. The highest BCUT2D eigenvalue weighted by Gasteiger charge is 2.30. The molecule has 2 aromatic carbocycles. The third-order valence-electron chi connectivity index (χ3n) is 3.80. The Labute approximate surface area is 142 Å². The van der Waals surface area contributed by atoms with Crippen molar-refractivity contribution in [2.75, 3.05) is 0 Å². The van der Waals surface area contributed by atoms with Gasteiger partial charge < -0.3 is 0 Å². The van der Waals surface area contributed by atoms with Gasteiger partial charge in [-0.2, -0.15) is 13.2 Å². The molecule has 9 heteroatoms. The van der Waals surface area contributed by atoms with Crippen LogP contribution in [-0.4, -0.2) is 14.3 Å². The summed E-state index contributed by atoms with van der Waals surface area (Å²) in [4.78, 5) is 15.2. The molecule has 5 nitrogen and oxygen atoms in total. The van der Waals surface area contributed by atoms with Gasteiger partial charge in [-0.1, -0.05) is 11.3 Å². The lowest BCUT2D eigenvalue weighted by Crippen LogP contribution is -2.03. The number of imidazole rings is 1. The molecule has 4 aromatic rings. The molecule has 0 fully saturated rings. The predicted octanol–water partition coefficient (Wildman–Crippen LogP) is 5.14. The Hall–Kier alpha value is -2.94. The molecule has 2 aromatic heterocycles. The Balaban J connectivity index is 1.79. The number of alkyl halides is 3. The molecule has 0 saturated carbocycles. The minimum Gasteiger partial charge on any atom is -0.290 e. The number of non-ortho nitro benzene ring substituents is 1. The van der Waals surface area contributed by atoms with Gasteiger partial charge in [0.1, 0.15) is 0 Å². The van der Waals surface area contributed by atoms with Gasteiger partial charge in [-0.15, -0.1) is 0 Å². The van der Waals surface area contributed by atoms with Crippen LogP contribution >= 0.6 is 11.3 Å². The third-order valence-corrected chi connectivity index (χ3v) is 4.81. The smallest absolute Gasteiger partial charge is 0.290 e. The molecule has 0 bridgehead atoms. The molecule has 4 rings (SSSR count). The monoisotopic (exact) mass is 363 g/mol. The molecule has 126 valence electrons. The number of nitrogens with zero attached hydrogens (tertiary/aromatic N) is 3.